The molecule has 0 spiro atoms. The minimum Gasteiger partial charge on any atom is -0.327 e. The fourth-order valence-corrected chi connectivity index (χ4v) is 3.29. The zero-order valence-electron chi connectivity index (χ0n) is 9.96. The Morgan fingerprint density at radius 3 is 2.35 bits per heavy atom. The average molecular weight is 272 g/mol. The van der Waals surface area contributed by atoms with Gasteiger partial charge in [0.2, 0.25) is 0 Å². The van der Waals surface area contributed by atoms with Crippen molar-refractivity contribution < 1.29 is 0 Å². The third-order valence-electron chi connectivity index (χ3n) is 3.79. The van der Waals surface area contributed by atoms with Gasteiger partial charge < -0.3 is 5.73 Å². The molecule has 94 valence electrons. The van der Waals surface area contributed by atoms with Gasteiger partial charge in [-0.25, -0.2) is 0 Å². The number of halogens is 2. The Hall–Kier alpha value is -0.240. The van der Waals surface area contributed by atoms with Gasteiger partial charge in [-0.1, -0.05) is 42.1 Å². The van der Waals surface area contributed by atoms with E-state index in [9.17, 15) is 0 Å². The molecule has 0 amide bonds. The van der Waals surface area contributed by atoms with Crippen LogP contribution >= 0.6 is 23.2 Å². The van der Waals surface area contributed by atoms with Crippen LogP contribution in [0.4, 0.5) is 0 Å². The van der Waals surface area contributed by atoms with Crippen molar-refractivity contribution in [2.24, 2.45) is 11.7 Å². The van der Waals surface area contributed by atoms with E-state index in [1.807, 2.05) is 18.2 Å². The Morgan fingerprint density at radius 1 is 1.18 bits per heavy atom. The molecule has 3 heteroatoms. The quantitative estimate of drug-likeness (QED) is 0.861. The highest BCUT2D eigenvalue weighted by molar-refractivity contribution is 6.35. The monoisotopic (exact) mass is 271 g/mol. The van der Waals surface area contributed by atoms with Crippen molar-refractivity contribution in [3.05, 3.63) is 33.8 Å². The second-order valence-electron chi connectivity index (χ2n) is 4.95. The Labute approximate surface area is 113 Å². The molecule has 0 bridgehead atoms. The zero-order valence-corrected chi connectivity index (χ0v) is 11.5. The Bertz CT molecular complexity index is 352. The lowest BCUT2D eigenvalue weighted by Gasteiger charge is -2.19. The first kappa shape index (κ1) is 13.2. The maximum absolute atomic E-state index is 6.24. The standard InChI is InChI=1S/C14H19Cl2N/c15-12-6-3-7-13(16)11(12)8-9-14(17)10-4-1-2-5-10/h3,6-7,10,14H,1-2,4-5,8-9,17H2. The van der Waals surface area contributed by atoms with Crippen molar-refractivity contribution >= 4 is 23.2 Å². The Balaban J connectivity index is 1.92. The van der Waals surface area contributed by atoms with Crippen LogP contribution in [0.15, 0.2) is 18.2 Å². The third-order valence-corrected chi connectivity index (χ3v) is 4.50. The van der Waals surface area contributed by atoms with E-state index in [1.165, 1.54) is 25.7 Å². The summed E-state index contributed by atoms with van der Waals surface area (Å²) in [6, 6.07) is 5.96. The highest BCUT2D eigenvalue weighted by Crippen LogP contribution is 2.30. The van der Waals surface area contributed by atoms with Crippen LogP contribution < -0.4 is 5.73 Å². The van der Waals surface area contributed by atoms with Gasteiger partial charge in [0.1, 0.15) is 0 Å². The van der Waals surface area contributed by atoms with Gasteiger partial charge in [0, 0.05) is 16.1 Å². The molecule has 1 saturated carbocycles. The summed E-state index contributed by atoms with van der Waals surface area (Å²) in [6.45, 7) is 0. The van der Waals surface area contributed by atoms with Gasteiger partial charge in [0.25, 0.3) is 0 Å². The summed E-state index contributed by atoms with van der Waals surface area (Å²) >= 11 is 12.3. The SMILES string of the molecule is NC(CCc1c(Cl)cccc1Cl)C1CCCC1. The van der Waals surface area contributed by atoms with E-state index in [-0.39, 0.29) is 0 Å². The van der Waals surface area contributed by atoms with Crippen molar-refractivity contribution in [3.8, 4) is 0 Å². The summed E-state index contributed by atoms with van der Waals surface area (Å²) in [5, 5.41) is 1.52. The molecule has 1 aliphatic rings. The van der Waals surface area contributed by atoms with E-state index >= 15 is 0 Å². The maximum Gasteiger partial charge on any atom is 0.0452 e. The lowest BCUT2D eigenvalue weighted by Crippen LogP contribution is -2.28. The largest absolute Gasteiger partial charge is 0.327 e. The molecule has 1 fully saturated rings. The molecule has 0 aromatic heterocycles. The van der Waals surface area contributed by atoms with Crippen molar-refractivity contribution in [1.82, 2.24) is 0 Å². The summed E-state index contributed by atoms with van der Waals surface area (Å²) in [7, 11) is 0. The average Bonchev–Trinajstić information content (AvgIpc) is 2.81. The smallest absolute Gasteiger partial charge is 0.0452 e. The summed E-state index contributed by atoms with van der Waals surface area (Å²) in [4.78, 5) is 0. The van der Waals surface area contributed by atoms with Gasteiger partial charge in [0.05, 0.1) is 0 Å². The van der Waals surface area contributed by atoms with Gasteiger partial charge >= 0.3 is 0 Å². The van der Waals surface area contributed by atoms with Crippen molar-refractivity contribution in [3.63, 3.8) is 0 Å². The Morgan fingerprint density at radius 2 is 1.76 bits per heavy atom. The summed E-state index contributed by atoms with van der Waals surface area (Å²) < 4.78 is 0. The van der Waals surface area contributed by atoms with Crippen LogP contribution in [0.1, 0.15) is 37.7 Å². The minimum atomic E-state index is 0.296. The van der Waals surface area contributed by atoms with E-state index in [1.54, 1.807) is 0 Å². The van der Waals surface area contributed by atoms with E-state index in [4.69, 9.17) is 28.9 Å². The molecule has 1 aliphatic carbocycles. The second kappa shape index (κ2) is 6.08. The van der Waals surface area contributed by atoms with Crippen LogP contribution in [0.5, 0.6) is 0 Å². The molecule has 1 nitrogen and oxygen atoms in total. The third kappa shape index (κ3) is 3.37. The molecule has 1 aromatic carbocycles. The lowest BCUT2D eigenvalue weighted by molar-refractivity contribution is 0.410. The van der Waals surface area contributed by atoms with Crippen molar-refractivity contribution in [2.75, 3.05) is 0 Å². The van der Waals surface area contributed by atoms with Gasteiger partial charge in [-0.2, -0.15) is 0 Å². The molecule has 1 atom stereocenters. The van der Waals surface area contributed by atoms with Crippen LogP contribution in [0.2, 0.25) is 10.0 Å². The summed E-state index contributed by atoms with van der Waals surface area (Å²) in [6.07, 6.45) is 7.12. The molecule has 2 rings (SSSR count). The van der Waals surface area contributed by atoms with Crippen LogP contribution in [-0.2, 0) is 6.42 Å². The normalized spacial score (nSPS) is 18.5. The predicted molar refractivity (Wildman–Crippen MR) is 74.7 cm³/mol. The first-order chi connectivity index (χ1) is 8.18. The van der Waals surface area contributed by atoms with E-state index < -0.39 is 0 Å². The molecule has 0 radical (unpaired) electrons. The Kier molecular flexibility index (Phi) is 4.72. The predicted octanol–water partition coefficient (Wildman–Crippen LogP) is 4.44. The molecule has 17 heavy (non-hydrogen) atoms. The number of benzene rings is 1. The lowest BCUT2D eigenvalue weighted by atomic mass is 9.93. The summed E-state index contributed by atoms with van der Waals surface area (Å²) in [5.41, 5.74) is 7.29. The minimum absolute atomic E-state index is 0.296. The van der Waals surface area contributed by atoms with Crippen LogP contribution in [0.25, 0.3) is 0 Å². The molecule has 1 unspecified atom stereocenters. The number of nitrogens with two attached hydrogens (primary N) is 1. The molecule has 2 N–H and O–H groups in total. The van der Waals surface area contributed by atoms with Crippen LogP contribution in [0.3, 0.4) is 0 Å². The molecular weight excluding hydrogens is 253 g/mol. The first-order valence-corrected chi connectivity index (χ1v) is 7.12. The molecule has 0 saturated heterocycles. The maximum atomic E-state index is 6.24. The fraction of sp³-hybridized carbons (Fsp3) is 0.571. The first-order valence-electron chi connectivity index (χ1n) is 6.37. The fourth-order valence-electron chi connectivity index (χ4n) is 2.70. The topological polar surface area (TPSA) is 26.0 Å². The van der Waals surface area contributed by atoms with Crippen molar-refractivity contribution in [1.29, 1.82) is 0 Å². The number of rotatable bonds is 4. The van der Waals surface area contributed by atoms with Gasteiger partial charge in [-0.15, -0.1) is 0 Å². The number of hydrogen-bond acceptors (Lipinski definition) is 1. The highest BCUT2D eigenvalue weighted by Gasteiger charge is 2.22. The molecule has 0 aliphatic heterocycles. The highest BCUT2D eigenvalue weighted by atomic mass is 35.5. The van der Waals surface area contributed by atoms with E-state index in [0.717, 1.165) is 28.5 Å². The van der Waals surface area contributed by atoms with Gasteiger partial charge in [-0.05, 0) is 49.3 Å². The summed E-state index contributed by atoms with van der Waals surface area (Å²) in [5.74, 6) is 0.705. The van der Waals surface area contributed by atoms with E-state index in [0.29, 0.717) is 12.0 Å². The second-order valence-corrected chi connectivity index (χ2v) is 5.76. The number of hydrogen-bond donors (Lipinski definition) is 1. The van der Waals surface area contributed by atoms with Crippen molar-refractivity contribution in [2.45, 2.75) is 44.6 Å². The zero-order chi connectivity index (χ0) is 12.3. The molecular formula is C14H19Cl2N. The molecule has 0 heterocycles. The van der Waals surface area contributed by atoms with Crippen LogP contribution in [0, 0.1) is 5.92 Å². The van der Waals surface area contributed by atoms with Gasteiger partial charge in [-0.3, -0.25) is 0 Å². The van der Waals surface area contributed by atoms with Crippen LogP contribution in [-0.4, -0.2) is 6.04 Å². The van der Waals surface area contributed by atoms with E-state index in [2.05, 4.69) is 0 Å². The van der Waals surface area contributed by atoms with Gasteiger partial charge in [0.15, 0.2) is 0 Å². The molecule has 1 aromatic rings.